The number of hydrogen-bond acceptors (Lipinski definition) is 4. The molecule has 7 heteroatoms. The van der Waals surface area contributed by atoms with E-state index in [0.717, 1.165) is 5.57 Å². The van der Waals surface area contributed by atoms with Gasteiger partial charge >= 0.3 is 6.03 Å². The van der Waals surface area contributed by atoms with Crippen LogP contribution in [0.2, 0.25) is 0 Å². The third-order valence-electron chi connectivity index (χ3n) is 2.00. The van der Waals surface area contributed by atoms with Crippen molar-refractivity contribution in [2.75, 3.05) is 19.8 Å². The van der Waals surface area contributed by atoms with Gasteiger partial charge in [0.1, 0.15) is 0 Å². The predicted octanol–water partition coefficient (Wildman–Crippen LogP) is -0.00440. The maximum absolute atomic E-state index is 13.0. The first kappa shape index (κ1) is 13.3. The third kappa shape index (κ3) is 3.35. The number of nitrogens with zero attached hydrogens (tertiary/aromatic N) is 1. The molecule has 1 N–H and O–H groups in total. The van der Waals surface area contributed by atoms with Crippen LogP contribution in [0.4, 0.5) is 9.18 Å². The summed E-state index contributed by atoms with van der Waals surface area (Å²) in [6.07, 6.45) is -2.33. The van der Waals surface area contributed by atoms with E-state index in [0.29, 0.717) is 11.5 Å². The van der Waals surface area contributed by atoms with Crippen LogP contribution < -0.4 is 5.32 Å². The van der Waals surface area contributed by atoms with Crippen molar-refractivity contribution in [1.82, 2.24) is 10.2 Å². The van der Waals surface area contributed by atoms with Crippen molar-refractivity contribution in [2.24, 2.45) is 0 Å². The smallest absolute Gasteiger partial charge is 0.331 e. The summed E-state index contributed by atoms with van der Waals surface area (Å²) in [5, 5.41) is 1.74. The van der Waals surface area contributed by atoms with Gasteiger partial charge in [-0.1, -0.05) is 12.2 Å². The van der Waals surface area contributed by atoms with Crippen LogP contribution in [0.15, 0.2) is 12.2 Å². The molecule has 0 saturated carbocycles. The van der Waals surface area contributed by atoms with E-state index in [9.17, 15) is 18.8 Å². The van der Waals surface area contributed by atoms with E-state index >= 15 is 0 Å². The predicted molar refractivity (Wildman–Crippen MR) is 55.8 cm³/mol. The number of nitrogens with one attached hydrogen (secondary N) is 1. The van der Waals surface area contributed by atoms with Gasteiger partial charge in [-0.25, -0.2) is 9.18 Å². The van der Waals surface area contributed by atoms with Gasteiger partial charge in [0.15, 0.2) is 0 Å². The zero-order valence-corrected chi connectivity index (χ0v) is 9.36. The normalized spacial score (nSPS) is 20.5. The first-order chi connectivity index (χ1) is 7.93. The van der Waals surface area contributed by atoms with Crippen molar-refractivity contribution in [3.05, 3.63) is 12.2 Å². The molecule has 0 aromatic rings. The minimum absolute atomic E-state index is 0.0624. The minimum Gasteiger partial charge on any atom is -0.375 e. The highest BCUT2D eigenvalue weighted by Crippen LogP contribution is 2.06. The SMILES string of the molecule is C=C(C)COCCN1C(=O)NC(=O)C(F)C1=O. The average Bonchev–Trinajstić information content (AvgIpc) is 2.24. The van der Waals surface area contributed by atoms with E-state index < -0.39 is 24.0 Å². The Hall–Kier alpha value is -1.76. The molecule has 1 aliphatic heterocycles. The first-order valence-corrected chi connectivity index (χ1v) is 4.96. The Kier molecular flexibility index (Phi) is 4.33. The van der Waals surface area contributed by atoms with Crippen LogP contribution in [0.25, 0.3) is 0 Å². The van der Waals surface area contributed by atoms with Gasteiger partial charge in [0.25, 0.3) is 18.0 Å². The lowest BCUT2D eigenvalue weighted by molar-refractivity contribution is -0.144. The Labute approximate surface area is 97.4 Å². The van der Waals surface area contributed by atoms with E-state index in [1.807, 2.05) is 0 Å². The molecular weight excluding hydrogens is 231 g/mol. The molecule has 1 aliphatic rings. The van der Waals surface area contributed by atoms with Gasteiger partial charge in [0.05, 0.1) is 19.8 Å². The Bertz CT molecular complexity index is 369. The summed E-state index contributed by atoms with van der Waals surface area (Å²) in [4.78, 5) is 33.9. The van der Waals surface area contributed by atoms with E-state index in [2.05, 4.69) is 6.58 Å². The van der Waals surface area contributed by atoms with E-state index in [-0.39, 0.29) is 13.2 Å². The summed E-state index contributed by atoms with van der Waals surface area (Å²) in [6.45, 7) is 5.61. The second kappa shape index (κ2) is 5.53. The number of urea groups is 1. The number of hydrogen-bond donors (Lipinski definition) is 1. The Balaban J connectivity index is 2.46. The van der Waals surface area contributed by atoms with Gasteiger partial charge in [-0.3, -0.25) is 19.8 Å². The summed E-state index contributed by atoms with van der Waals surface area (Å²) in [7, 11) is 0. The zero-order chi connectivity index (χ0) is 13.0. The van der Waals surface area contributed by atoms with Crippen LogP contribution in [0.1, 0.15) is 6.92 Å². The summed E-state index contributed by atoms with van der Waals surface area (Å²) in [5.41, 5.74) is 0.790. The molecule has 1 rings (SSSR count). The van der Waals surface area contributed by atoms with Gasteiger partial charge in [0.2, 0.25) is 0 Å². The van der Waals surface area contributed by atoms with E-state index in [1.54, 1.807) is 12.2 Å². The number of ether oxygens (including phenoxy) is 1. The minimum atomic E-state index is -2.33. The molecular formula is C10H13FN2O4. The molecule has 0 spiro atoms. The van der Waals surface area contributed by atoms with Crippen molar-refractivity contribution < 1.29 is 23.5 Å². The molecule has 1 fully saturated rings. The lowest BCUT2D eigenvalue weighted by Crippen LogP contribution is -2.59. The number of barbiturate groups is 1. The van der Waals surface area contributed by atoms with Crippen molar-refractivity contribution in [3.8, 4) is 0 Å². The summed E-state index contributed by atoms with van der Waals surface area (Å²) < 4.78 is 18.1. The molecule has 4 amide bonds. The number of halogens is 1. The third-order valence-corrected chi connectivity index (χ3v) is 2.00. The summed E-state index contributed by atoms with van der Waals surface area (Å²) >= 11 is 0. The molecule has 0 aromatic carbocycles. The van der Waals surface area contributed by atoms with Crippen LogP contribution in [-0.4, -0.2) is 48.7 Å². The fraction of sp³-hybridized carbons (Fsp3) is 0.500. The second-order valence-corrected chi connectivity index (χ2v) is 3.66. The van der Waals surface area contributed by atoms with Gasteiger partial charge < -0.3 is 4.74 Å². The number of carbonyl (C=O) groups is 3. The number of amides is 4. The summed E-state index contributed by atoms with van der Waals surface area (Å²) in [5.74, 6) is -2.38. The van der Waals surface area contributed by atoms with Crippen molar-refractivity contribution >= 4 is 17.8 Å². The summed E-state index contributed by atoms with van der Waals surface area (Å²) in [6, 6.07) is -0.923. The number of rotatable bonds is 5. The molecule has 0 aliphatic carbocycles. The topological polar surface area (TPSA) is 75.7 Å². The monoisotopic (exact) mass is 244 g/mol. The second-order valence-electron chi connectivity index (χ2n) is 3.66. The lowest BCUT2D eigenvalue weighted by atomic mass is 10.2. The van der Waals surface area contributed by atoms with Crippen molar-refractivity contribution in [3.63, 3.8) is 0 Å². The Morgan fingerprint density at radius 1 is 1.53 bits per heavy atom. The Morgan fingerprint density at radius 3 is 2.76 bits per heavy atom. The quantitative estimate of drug-likeness (QED) is 0.419. The Morgan fingerprint density at radius 2 is 2.18 bits per heavy atom. The maximum Gasteiger partial charge on any atom is 0.331 e. The molecule has 6 nitrogen and oxygen atoms in total. The van der Waals surface area contributed by atoms with Crippen molar-refractivity contribution in [1.29, 1.82) is 0 Å². The van der Waals surface area contributed by atoms with Crippen LogP contribution >= 0.6 is 0 Å². The lowest BCUT2D eigenvalue weighted by Gasteiger charge is -2.26. The van der Waals surface area contributed by atoms with E-state index in [4.69, 9.17) is 4.74 Å². The largest absolute Gasteiger partial charge is 0.375 e. The van der Waals surface area contributed by atoms with Gasteiger partial charge in [-0.2, -0.15) is 0 Å². The highest BCUT2D eigenvalue weighted by Gasteiger charge is 2.40. The highest BCUT2D eigenvalue weighted by atomic mass is 19.1. The van der Waals surface area contributed by atoms with Crippen LogP contribution in [0.3, 0.4) is 0 Å². The molecule has 0 bridgehead atoms. The standard InChI is InChI=1S/C10H13FN2O4/c1-6(2)5-17-4-3-13-9(15)7(11)8(14)12-10(13)16/h7H,1,3-5H2,2H3,(H,12,14,16). The first-order valence-electron chi connectivity index (χ1n) is 4.96. The fourth-order valence-electron chi connectivity index (χ4n) is 1.20. The molecule has 0 aromatic heterocycles. The molecule has 94 valence electrons. The highest BCUT2D eigenvalue weighted by molar-refractivity contribution is 6.17. The number of carbonyl (C=O) groups excluding carboxylic acids is 3. The zero-order valence-electron chi connectivity index (χ0n) is 9.36. The fourth-order valence-corrected chi connectivity index (χ4v) is 1.20. The van der Waals surface area contributed by atoms with Gasteiger partial charge in [-0.15, -0.1) is 0 Å². The van der Waals surface area contributed by atoms with Crippen LogP contribution in [0.5, 0.6) is 0 Å². The van der Waals surface area contributed by atoms with E-state index in [1.165, 1.54) is 0 Å². The number of imide groups is 2. The van der Waals surface area contributed by atoms with Gasteiger partial charge in [-0.05, 0) is 6.92 Å². The molecule has 1 atom stereocenters. The van der Waals surface area contributed by atoms with Crippen LogP contribution in [-0.2, 0) is 14.3 Å². The van der Waals surface area contributed by atoms with Crippen LogP contribution in [0, 0.1) is 0 Å². The van der Waals surface area contributed by atoms with Crippen molar-refractivity contribution in [2.45, 2.75) is 13.1 Å². The molecule has 0 radical (unpaired) electrons. The molecule has 1 heterocycles. The van der Waals surface area contributed by atoms with Gasteiger partial charge in [0, 0.05) is 0 Å². The maximum atomic E-state index is 13.0. The molecule has 1 saturated heterocycles. The average molecular weight is 244 g/mol. The molecule has 1 unspecified atom stereocenters. The number of alkyl halides is 1. The molecule has 17 heavy (non-hydrogen) atoms.